The molecule has 1 nitrogen and oxygen atoms in total. The van der Waals surface area contributed by atoms with E-state index < -0.39 is 12.6 Å². The molecule has 0 radical (unpaired) electrons. The van der Waals surface area contributed by atoms with Crippen LogP contribution >= 0.6 is 0 Å². The van der Waals surface area contributed by atoms with Crippen molar-refractivity contribution >= 4 is 0 Å². The van der Waals surface area contributed by atoms with Gasteiger partial charge in [-0.15, -0.1) is 0 Å². The molecule has 0 spiro atoms. The van der Waals surface area contributed by atoms with Gasteiger partial charge >= 0.3 is 6.18 Å². The van der Waals surface area contributed by atoms with E-state index in [0.29, 0.717) is 0 Å². The Morgan fingerprint density at radius 3 is 0.721 bits per heavy atom. The molecular weight excluding hydrogens is 539 g/mol. The molecule has 0 atom stereocenters. The van der Waals surface area contributed by atoms with Crippen LogP contribution in [0.25, 0.3) is 0 Å². The lowest BCUT2D eigenvalue weighted by Gasteiger charge is -2.23. The van der Waals surface area contributed by atoms with Crippen LogP contribution in [0.15, 0.2) is 0 Å². The van der Waals surface area contributed by atoms with Gasteiger partial charge in [0.25, 0.3) is 0 Å². The van der Waals surface area contributed by atoms with Gasteiger partial charge in [0, 0.05) is 6.54 Å². The molecule has 0 aliphatic rings. The van der Waals surface area contributed by atoms with Crippen LogP contribution in [0.3, 0.4) is 0 Å². The normalized spacial score (nSPS) is 12.1. The number of rotatable bonds is 36. The second-order valence-corrected chi connectivity index (χ2v) is 13.8. The third-order valence-electron chi connectivity index (χ3n) is 9.37. The summed E-state index contributed by atoms with van der Waals surface area (Å²) in [5.74, 6) is 0. The summed E-state index contributed by atoms with van der Waals surface area (Å²) in [6, 6.07) is 0. The molecule has 0 aromatic carbocycles. The Balaban J connectivity index is 3.64. The monoisotopic (exact) mass is 618 g/mol. The quantitative estimate of drug-likeness (QED) is 0.0632. The first kappa shape index (κ1) is 42.8. The van der Waals surface area contributed by atoms with Gasteiger partial charge < -0.3 is 4.90 Å². The van der Waals surface area contributed by atoms with E-state index in [2.05, 4.69) is 18.7 Å². The first-order chi connectivity index (χ1) is 21.0. The summed E-state index contributed by atoms with van der Waals surface area (Å²) in [5.41, 5.74) is 0. The molecule has 0 fully saturated rings. The van der Waals surface area contributed by atoms with E-state index in [0.717, 1.165) is 25.9 Å². The predicted molar refractivity (Wildman–Crippen MR) is 186 cm³/mol. The minimum absolute atomic E-state index is 0.182. The van der Waals surface area contributed by atoms with Crippen molar-refractivity contribution in [1.82, 2.24) is 4.90 Å². The van der Waals surface area contributed by atoms with E-state index in [1.54, 1.807) is 0 Å². The number of hydrogen-bond donors (Lipinski definition) is 0. The Labute approximate surface area is 269 Å². The first-order valence-corrected chi connectivity index (χ1v) is 19.8. The van der Waals surface area contributed by atoms with Gasteiger partial charge in [0.15, 0.2) is 0 Å². The van der Waals surface area contributed by atoms with E-state index >= 15 is 0 Å². The fraction of sp³-hybridized carbons (Fsp3) is 1.00. The fourth-order valence-electron chi connectivity index (χ4n) is 6.39. The molecule has 43 heavy (non-hydrogen) atoms. The summed E-state index contributed by atoms with van der Waals surface area (Å²) in [6.07, 6.45) is 38.2. The van der Waals surface area contributed by atoms with Crippen LogP contribution in [0.4, 0.5) is 13.2 Å². The predicted octanol–water partition coefficient (Wildman–Crippen LogP) is 14.8. The summed E-state index contributed by atoms with van der Waals surface area (Å²) in [4.78, 5) is 2.10. The highest BCUT2D eigenvalue weighted by atomic mass is 19.4. The molecule has 4 heteroatoms. The van der Waals surface area contributed by atoms with Crippen molar-refractivity contribution < 1.29 is 13.2 Å². The Bertz CT molecular complexity index is 471. The molecule has 0 saturated carbocycles. The van der Waals surface area contributed by atoms with Crippen molar-refractivity contribution in [3.8, 4) is 0 Å². The lowest BCUT2D eigenvalue weighted by Crippen LogP contribution is -2.30. The molecule has 0 saturated heterocycles. The van der Waals surface area contributed by atoms with E-state index in [-0.39, 0.29) is 6.54 Å². The third kappa shape index (κ3) is 37.8. The maximum absolute atomic E-state index is 12.9. The highest BCUT2D eigenvalue weighted by Gasteiger charge is 2.27. The Kier molecular flexibility index (Phi) is 34.4. The molecule has 0 bridgehead atoms. The van der Waals surface area contributed by atoms with Crippen molar-refractivity contribution in [3.05, 3.63) is 0 Å². The second-order valence-electron chi connectivity index (χ2n) is 13.8. The first-order valence-electron chi connectivity index (χ1n) is 19.8. The zero-order chi connectivity index (χ0) is 31.5. The van der Waals surface area contributed by atoms with Crippen molar-refractivity contribution in [2.45, 2.75) is 232 Å². The van der Waals surface area contributed by atoms with E-state index in [1.807, 2.05) is 0 Å². The lowest BCUT2D eigenvalue weighted by atomic mass is 10.0. The fourth-order valence-corrected chi connectivity index (χ4v) is 6.39. The molecule has 0 amide bonds. The maximum atomic E-state index is 12.9. The smallest absolute Gasteiger partial charge is 0.303 e. The zero-order valence-corrected chi connectivity index (χ0v) is 29.5. The third-order valence-corrected chi connectivity index (χ3v) is 9.37. The van der Waals surface area contributed by atoms with Crippen molar-refractivity contribution in [1.29, 1.82) is 0 Å². The highest BCUT2D eigenvalue weighted by molar-refractivity contribution is 4.63. The van der Waals surface area contributed by atoms with Crippen LogP contribution in [0.1, 0.15) is 226 Å². The Hall–Kier alpha value is -0.250. The average Bonchev–Trinajstić information content (AvgIpc) is 2.98. The van der Waals surface area contributed by atoms with E-state index in [4.69, 9.17) is 0 Å². The van der Waals surface area contributed by atoms with Crippen LogP contribution in [-0.2, 0) is 0 Å². The van der Waals surface area contributed by atoms with Gasteiger partial charge in [-0.2, -0.15) is 13.2 Å². The van der Waals surface area contributed by atoms with Gasteiger partial charge in [0.05, 0.1) is 6.42 Å². The van der Waals surface area contributed by atoms with Crippen LogP contribution in [0.5, 0.6) is 0 Å². The van der Waals surface area contributed by atoms with Gasteiger partial charge in [-0.05, 0) is 25.9 Å². The summed E-state index contributed by atoms with van der Waals surface area (Å²) >= 11 is 0. The van der Waals surface area contributed by atoms with Gasteiger partial charge in [0.1, 0.15) is 0 Å². The van der Waals surface area contributed by atoms with E-state index in [1.165, 1.54) is 193 Å². The molecule has 0 unspecified atom stereocenters. The topological polar surface area (TPSA) is 3.24 Å². The van der Waals surface area contributed by atoms with Crippen molar-refractivity contribution in [3.63, 3.8) is 0 Å². The summed E-state index contributed by atoms with van der Waals surface area (Å²) in [7, 11) is 0. The molecule has 0 aromatic heterocycles. The SMILES string of the molecule is CCCCCCCCCCCCCCCCCCN(CCCCCCCCCCCCCCCCCC)CCC(F)(F)F. The van der Waals surface area contributed by atoms with Crippen molar-refractivity contribution in [2.24, 2.45) is 0 Å². The molecule has 0 rings (SSSR count). The number of alkyl halides is 3. The molecule has 0 heterocycles. The number of nitrogens with zero attached hydrogens (tertiary/aromatic N) is 1. The molecule has 0 aliphatic carbocycles. The Morgan fingerprint density at radius 1 is 0.302 bits per heavy atom. The lowest BCUT2D eigenvalue weighted by molar-refractivity contribution is -0.138. The van der Waals surface area contributed by atoms with Crippen molar-refractivity contribution in [2.75, 3.05) is 19.6 Å². The minimum Gasteiger partial charge on any atom is -0.303 e. The molecule has 0 N–H and O–H groups in total. The maximum Gasteiger partial charge on any atom is 0.390 e. The average molecular weight is 618 g/mol. The second kappa shape index (κ2) is 34.6. The largest absolute Gasteiger partial charge is 0.390 e. The highest BCUT2D eigenvalue weighted by Crippen LogP contribution is 2.21. The molecule has 0 aliphatic heterocycles. The van der Waals surface area contributed by atoms with Crippen LogP contribution in [0, 0.1) is 0 Å². The number of unbranched alkanes of at least 4 members (excludes halogenated alkanes) is 30. The molecular formula is C39H78F3N. The number of halogens is 3. The zero-order valence-electron chi connectivity index (χ0n) is 29.5. The minimum atomic E-state index is -4.04. The number of hydrogen-bond acceptors (Lipinski definition) is 1. The van der Waals surface area contributed by atoms with Crippen LogP contribution < -0.4 is 0 Å². The van der Waals surface area contributed by atoms with Gasteiger partial charge in [-0.25, -0.2) is 0 Å². The molecule has 260 valence electrons. The summed E-state index contributed by atoms with van der Waals surface area (Å²) in [6.45, 7) is 6.42. The van der Waals surface area contributed by atoms with Crippen LogP contribution in [-0.4, -0.2) is 30.7 Å². The van der Waals surface area contributed by atoms with Gasteiger partial charge in [-0.3, -0.25) is 0 Å². The summed E-state index contributed by atoms with van der Waals surface area (Å²) in [5, 5.41) is 0. The van der Waals surface area contributed by atoms with Gasteiger partial charge in [0.2, 0.25) is 0 Å². The van der Waals surface area contributed by atoms with Gasteiger partial charge in [-0.1, -0.05) is 206 Å². The summed E-state index contributed by atoms with van der Waals surface area (Å²) < 4.78 is 38.6. The molecule has 0 aromatic rings. The van der Waals surface area contributed by atoms with Crippen LogP contribution in [0.2, 0.25) is 0 Å². The Morgan fingerprint density at radius 2 is 0.512 bits per heavy atom. The van der Waals surface area contributed by atoms with E-state index in [9.17, 15) is 13.2 Å². The standard InChI is InChI=1S/C39H78F3N/c1-3-5-7-9-11-13-15-17-19-21-23-25-27-29-31-33-36-43(38-35-39(40,41)42)37-34-32-30-28-26-24-22-20-18-16-14-12-10-8-6-4-2/h3-38H2,1-2H3.